The summed E-state index contributed by atoms with van der Waals surface area (Å²) in [6, 6.07) is 3.88. The van der Waals surface area contributed by atoms with Crippen molar-refractivity contribution >= 4 is 21.7 Å². The van der Waals surface area contributed by atoms with E-state index in [-0.39, 0.29) is 16.1 Å². The minimum absolute atomic E-state index is 0.179. The summed E-state index contributed by atoms with van der Waals surface area (Å²) in [6.07, 6.45) is 2.82. The second-order valence-electron chi connectivity index (χ2n) is 5.37. The molecule has 0 bridgehead atoms. The zero-order valence-corrected chi connectivity index (χ0v) is 12.8. The van der Waals surface area contributed by atoms with Crippen molar-refractivity contribution in [1.29, 1.82) is 0 Å². The highest BCUT2D eigenvalue weighted by Crippen LogP contribution is 2.29. The van der Waals surface area contributed by atoms with Crippen LogP contribution in [0.4, 0.5) is 5.69 Å². The van der Waals surface area contributed by atoms with Gasteiger partial charge in [-0.2, -0.15) is 4.31 Å². The molecule has 1 aliphatic rings. The van der Waals surface area contributed by atoms with Crippen LogP contribution in [0.2, 0.25) is 0 Å². The maximum atomic E-state index is 12.6. The lowest BCUT2D eigenvalue weighted by atomic mass is 10.0. The second kappa shape index (κ2) is 6.03. The van der Waals surface area contributed by atoms with Crippen LogP contribution < -0.4 is 5.73 Å². The molecule has 1 unspecified atom stereocenters. The number of carboxylic acid groups (broad SMARTS) is 1. The molecule has 0 saturated carbocycles. The summed E-state index contributed by atoms with van der Waals surface area (Å²) in [5.74, 6) is -0.933. The zero-order chi connectivity index (χ0) is 15.6. The molecular formula is C14H20N2O4S. The summed E-state index contributed by atoms with van der Waals surface area (Å²) in [4.78, 5) is 11.1. The molecule has 6 nitrogen and oxygen atoms in total. The lowest BCUT2D eigenvalue weighted by Crippen LogP contribution is -2.30. The Morgan fingerprint density at radius 2 is 2.19 bits per heavy atom. The van der Waals surface area contributed by atoms with E-state index in [9.17, 15) is 18.3 Å². The number of nitrogens with two attached hydrogens (primary N) is 1. The topological polar surface area (TPSA) is 101 Å². The van der Waals surface area contributed by atoms with Crippen LogP contribution in [0, 0.1) is 5.92 Å². The van der Waals surface area contributed by atoms with Crippen LogP contribution in [0.15, 0.2) is 23.1 Å². The molecule has 1 fully saturated rings. The normalized spacial score (nSPS) is 19.8. The van der Waals surface area contributed by atoms with Gasteiger partial charge in [0.1, 0.15) is 0 Å². The van der Waals surface area contributed by atoms with Gasteiger partial charge in [-0.25, -0.2) is 13.2 Å². The molecule has 116 valence electrons. The Labute approximate surface area is 124 Å². The third kappa shape index (κ3) is 3.19. The van der Waals surface area contributed by atoms with Crippen molar-refractivity contribution in [2.45, 2.75) is 31.1 Å². The monoisotopic (exact) mass is 312 g/mol. The minimum Gasteiger partial charge on any atom is -0.478 e. The maximum Gasteiger partial charge on any atom is 0.337 e. The van der Waals surface area contributed by atoms with Gasteiger partial charge in [-0.1, -0.05) is 13.3 Å². The Hall–Kier alpha value is -1.60. The molecule has 0 amide bonds. The smallest absolute Gasteiger partial charge is 0.337 e. The number of sulfonamides is 1. The lowest BCUT2D eigenvalue weighted by molar-refractivity contribution is 0.0692. The number of hydrogen-bond acceptors (Lipinski definition) is 4. The molecule has 0 aliphatic carbocycles. The van der Waals surface area contributed by atoms with Gasteiger partial charge in [0.25, 0.3) is 0 Å². The fourth-order valence-corrected chi connectivity index (χ4v) is 4.43. The van der Waals surface area contributed by atoms with Crippen molar-refractivity contribution < 1.29 is 18.3 Å². The van der Waals surface area contributed by atoms with E-state index in [0.29, 0.717) is 19.0 Å². The summed E-state index contributed by atoms with van der Waals surface area (Å²) >= 11 is 0. The Bertz CT molecular complexity index is 642. The van der Waals surface area contributed by atoms with E-state index in [1.54, 1.807) is 0 Å². The van der Waals surface area contributed by atoms with Crippen LogP contribution >= 0.6 is 0 Å². The van der Waals surface area contributed by atoms with Crippen LogP contribution in [-0.2, 0) is 10.0 Å². The number of carbonyl (C=O) groups is 1. The first kappa shape index (κ1) is 15.8. The van der Waals surface area contributed by atoms with Crippen molar-refractivity contribution in [3.8, 4) is 0 Å². The van der Waals surface area contributed by atoms with Crippen molar-refractivity contribution in [3.05, 3.63) is 23.8 Å². The first-order valence-corrected chi connectivity index (χ1v) is 8.43. The van der Waals surface area contributed by atoms with E-state index in [4.69, 9.17) is 5.73 Å². The fraction of sp³-hybridized carbons (Fsp3) is 0.500. The third-order valence-electron chi connectivity index (χ3n) is 3.80. The predicted molar refractivity (Wildman–Crippen MR) is 79.6 cm³/mol. The van der Waals surface area contributed by atoms with Crippen molar-refractivity contribution in [2.75, 3.05) is 18.8 Å². The Kier molecular flexibility index (Phi) is 4.53. The highest BCUT2D eigenvalue weighted by molar-refractivity contribution is 7.89. The molecule has 3 N–H and O–H groups in total. The van der Waals surface area contributed by atoms with Gasteiger partial charge in [-0.15, -0.1) is 0 Å². The van der Waals surface area contributed by atoms with Crippen LogP contribution in [0.25, 0.3) is 0 Å². The molecule has 21 heavy (non-hydrogen) atoms. The van der Waals surface area contributed by atoms with Gasteiger partial charge in [0.2, 0.25) is 10.0 Å². The van der Waals surface area contributed by atoms with Gasteiger partial charge < -0.3 is 10.8 Å². The van der Waals surface area contributed by atoms with Gasteiger partial charge in [0, 0.05) is 18.8 Å². The maximum absolute atomic E-state index is 12.6. The number of aromatic carboxylic acids is 1. The number of carboxylic acids is 1. The minimum atomic E-state index is -3.79. The molecule has 7 heteroatoms. The summed E-state index contributed by atoms with van der Waals surface area (Å²) in [5, 5.41) is 9.19. The van der Waals surface area contributed by atoms with Gasteiger partial charge in [-0.05, 0) is 37.0 Å². The van der Waals surface area contributed by atoms with Crippen LogP contribution in [0.5, 0.6) is 0 Å². The van der Waals surface area contributed by atoms with Gasteiger partial charge in [-0.3, -0.25) is 0 Å². The van der Waals surface area contributed by atoms with E-state index < -0.39 is 16.0 Å². The van der Waals surface area contributed by atoms with E-state index in [1.165, 1.54) is 22.5 Å². The molecule has 1 atom stereocenters. The summed E-state index contributed by atoms with van der Waals surface area (Å²) < 4.78 is 26.7. The number of rotatable bonds is 5. The highest BCUT2D eigenvalue weighted by Gasteiger charge is 2.34. The zero-order valence-electron chi connectivity index (χ0n) is 11.9. The number of hydrogen-bond donors (Lipinski definition) is 2. The average Bonchev–Trinajstić information content (AvgIpc) is 2.88. The molecular weight excluding hydrogens is 292 g/mol. The van der Waals surface area contributed by atoms with Crippen molar-refractivity contribution in [3.63, 3.8) is 0 Å². The van der Waals surface area contributed by atoms with Crippen LogP contribution in [0.1, 0.15) is 36.5 Å². The Morgan fingerprint density at radius 3 is 2.81 bits per heavy atom. The van der Waals surface area contributed by atoms with E-state index in [2.05, 4.69) is 6.92 Å². The van der Waals surface area contributed by atoms with Crippen LogP contribution in [-0.4, -0.2) is 36.9 Å². The quantitative estimate of drug-likeness (QED) is 0.807. The highest BCUT2D eigenvalue weighted by atomic mass is 32.2. The van der Waals surface area contributed by atoms with E-state index in [1.807, 2.05) is 0 Å². The summed E-state index contributed by atoms with van der Waals surface area (Å²) in [6.45, 7) is 2.97. The van der Waals surface area contributed by atoms with Gasteiger partial charge >= 0.3 is 5.97 Å². The van der Waals surface area contributed by atoms with Gasteiger partial charge in [0.05, 0.1) is 10.5 Å². The SMILES string of the molecule is CCCC1CCN(S(=O)(=O)c2ccc(N)cc2C(=O)O)C1. The van der Waals surface area contributed by atoms with Crippen molar-refractivity contribution in [1.82, 2.24) is 4.31 Å². The largest absolute Gasteiger partial charge is 0.478 e. The number of anilines is 1. The molecule has 1 aromatic carbocycles. The molecule has 0 aromatic heterocycles. The fourth-order valence-electron chi connectivity index (χ4n) is 2.74. The summed E-state index contributed by atoms with van der Waals surface area (Å²) in [5.41, 5.74) is 5.52. The Morgan fingerprint density at radius 1 is 1.48 bits per heavy atom. The first-order chi connectivity index (χ1) is 9.86. The third-order valence-corrected chi connectivity index (χ3v) is 5.72. The number of benzene rings is 1. The predicted octanol–water partition coefficient (Wildman–Crippen LogP) is 1.78. The molecule has 0 radical (unpaired) electrons. The number of nitrogen functional groups attached to an aromatic ring is 1. The number of nitrogens with zero attached hydrogens (tertiary/aromatic N) is 1. The first-order valence-electron chi connectivity index (χ1n) is 6.99. The van der Waals surface area contributed by atoms with Gasteiger partial charge in [0.15, 0.2) is 0 Å². The molecule has 1 aromatic rings. The van der Waals surface area contributed by atoms with Crippen molar-refractivity contribution in [2.24, 2.45) is 5.92 Å². The average molecular weight is 312 g/mol. The standard InChI is InChI=1S/C14H20N2O4S/c1-2-3-10-6-7-16(9-10)21(19,20)13-5-4-11(15)8-12(13)14(17)18/h4-5,8,10H,2-3,6-7,9,15H2,1H3,(H,17,18). The molecule has 1 aliphatic heterocycles. The molecule has 0 spiro atoms. The van der Waals surface area contributed by atoms with Crippen LogP contribution in [0.3, 0.4) is 0 Å². The molecule has 2 rings (SSSR count). The molecule has 1 heterocycles. The second-order valence-corrected chi connectivity index (χ2v) is 7.27. The van der Waals surface area contributed by atoms with E-state index >= 15 is 0 Å². The van der Waals surface area contributed by atoms with E-state index in [0.717, 1.165) is 19.3 Å². The lowest BCUT2D eigenvalue weighted by Gasteiger charge is -2.18. The molecule has 1 saturated heterocycles. The summed E-state index contributed by atoms with van der Waals surface area (Å²) in [7, 11) is -3.79. The Balaban J connectivity index is 2.35.